The Kier molecular flexibility index (Phi) is 5.55. The van der Waals surface area contributed by atoms with Gasteiger partial charge in [0.05, 0.1) is 23.2 Å². The van der Waals surface area contributed by atoms with Crippen LogP contribution in [0.5, 0.6) is 5.75 Å². The van der Waals surface area contributed by atoms with E-state index in [0.29, 0.717) is 21.5 Å². The van der Waals surface area contributed by atoms with E-state index < -0.39 is 17.4 Å². The zero-order chi connectivity index (χ0) is 22.0. The summed E-state index contributed by atoms with van der Waals surface area (Å²) in [6.45, 7) is 0.261. The summed E-state index contributed by atoms with van der Waals surface area (Å²) in [6, 6.07) is 17.4. The lowest BCUT2D eigenvalue weighted by molar-refractivity contribution is -0.136. The molecular weight excluding hydrogens is 416 g/mol. The van der Waals surface area contributed by atoms with Gasteiger partial charge >= 0.3 is 5.97 Å². The summed E-state index contributed by atoms with van der Waals surface area (Å²) in [5.74, 6) is -2.03. The van der Waals surface area contributed by atoms with Gasteiger partial charge in [0.2, 0.25) is 0 Å². The molecule has 0 atom stereocenters. The summed E-state index contributed by atoms with van der Waals surface area (Å²) in [5, 5.41) is 23.9. The van der Waals surface area contributed by atoms with Crippen molar-refractivity contribution >= 4 is 39.1 Å². The summed E-state index contributed by atoms with van der Waals surface area (Å²) in [5.41, 5.74) is 1.50. The quantitative estimate of drug-likeness (QED) is 0.429. The second-order valence-electron chi connectivity index (χ2n) is 6.96. The number of aromatic hydroxyl groups is 1. The number of nitrogens with one attached hydrogen (secondary N) is 1. The molecule has 8 heteroatoms. The number of hydrogen-bond donors (Lipinski definition) is 3. The van der Waals surface area contributed by atoms with E-state index in [4.69, 9.17) is 5.11 Å². The van der Waals surface area contributed by atoms with Crippen LogP contribution in [0.3, 0.4) is 0 Å². The van der Waals surface area contributed by atoms with Crippen molar-refractivity contribution in [1.82, 2.24) is 4.57 Å². The van der Waals surface area contributed by atoms with Crippen LogP contribution in [0.4, 0.5) is 5.69 Å². The van der Waals surface area contributed by atoms with E-state index in [-0.39, 0.29) is 24.3 Å². The highest BCUT2D eigenvalue weighted by atomic mass is 32.1. The highest BCUT2D eigenvalue weighted by molar-refractivity contribution is 7.17. The average Bonchev–Trinajstić information content (AvgIpc) is 3.23. The largest absolute Gasteiger partial charge is 0.505 e. The maximum Gasteiger partial charge on any atom is 0.307 e. The van der Waals surface area contributed by atoms with Crippen LogP contribution in [-0.4, -0.2) is 26.7 Å². The Morgan fingerprint density at radius 3 is 2.35 bits per heavy atom. The minimum Gasteiger partial charge on any atom is -0.505 e. The standard InChI is InChI=1S/C23H18N2O5S/c26-18(27)12-14-6-8-16(9-7-14)24-22(29)19-20(28)21-17(10-11-31-21)25(23(19)30)13-15-4-2-1-3-5-15/h1-11,28H,12-13H2,(H,24,29)(H,26,27). The van der Waals surface area contributed by atoms with Gasteiger partial charge < -0.3 is 20.1 Å². The van der Waals surface area contributed by atoms with E-state index in [1.165, 1.54) is 15.9 Å². The number of carboxylic acids is 1. The second kappa shape index (κ2) is 8.45. The third kappa shape index (κ3) is 4.19. The van der Waals surface area contributed by atoms with E-state index in [9.17, 15) is 19.5 Å². The number of rotatable bonds is 6. The molecule has 0 unspecified atom stereocenters. The number of amides is 1. The maximum absolute atomic E-state index is 13.2. The number of aromatic nitrogens is 1. The molecule has 0 fully saturated rings. The topological polar surface area (TPSA) is 109 Å². The van der Waals surface area contributed by atoms with Gasteiger partial charge in [-0.25, -0.2) is 0 Å². The third-order valence-corrected chi connectivity index (χ3v) is 5.73. The van der Waals surface area contributed by atoms with Crippen LogP contribution in [0.1, 0.15) is 21.5 Å². The summed E-state index contributed by atoms with van der Waals surface area (Å²) in [7, 11) is 0. The third-order valence-electron chi connectivity index (χ3n) is 4.82. The Morgan fingerprint density at radius 1 is 0.968 bits per heavy atom. The first kappa shape index (κ1) is 20.4. The van der Waals surface area contributed by atoms with Crippen LogP contribution in [0.25, 0.3) is 10.2 Å². The first-order chi connectivity index (χ1) is 14.9. The molecule has 4 rings (SSSR count). The number of carbonyl (C=O) groups excluding carboxylic acids is 1. The molecule has 0 aliphatic carbocycles. The number of carbonyl (C=O) groups is 2. The van der Waals surface area contributed by atoms with Crippen molar-refractivity contribution in [2.75, 3.05) is 5.32 Å². The van der Waals surface area contributed by atoms with Gasteiger partial charge in [0.1, 0.15) is 5.56 Å². The van der Waals surface area contributed by atoms with Gasteiger partial charge in [-0.05, 0) is 34.7 Å². The number of benzene rings is 2. The fraction of sp³-hybridized carbons (Fsp3) is 0.0870. The van der Waals surface area contributed by atoms with Crippen molar-refractivity contribution in [2.24, 2.45) is 0 Å². The van der Waals surface area contributed by atoms with Gasteiger partial charge in [0, 0.05) is 5.69 Å². The highest BCUT2D eigenvalue weighted by Crippen LogP contribution is 2.31. The molecule has 2 heterocycles. The van der Waals surface area contributed by atoms with Gasteiger partial charge in [-0.1, -0.05) is 42.5 Å². The molecule has 1 amide bonds. The van der Waals surface area contributed by atoms with Crippen LogP contribution >= 0.6 is 11.3 Å². The van der Waals surface area contributed by atoms with E-state index >= 15 is 0 Å². The van der Waals surface area contributed by atoms with Crippen LogP contribution in [-0.2, 0) is 17.8 Å². The van der Waals surface area contributed by atoms with Crippen LogP contribution in [0.15, 0.2) is 70.8 Å². The number of anilines is 1. The van der Waals surface area contributed by atoms with E-state index in [0.717, 1.165) is 5.56 Å². The van der Waals surface area contributed by atoms with Crippen LogP contribution < -0.4 is 10.9 Å². The fourth-order valence-electron chi connectivity index (χ4n) is 3.35. The van der Waals surface area contributed by atoms with Crippen molar-refractivity contribution in [3.8, 4) is 5.75 Å². The lowest BCUT2D eigenvalue weighted by Crippen LogP contribution is -2.29. The molecule has 31 heavy (non-hydrogen) atoms. The molecule has 0 spiro atoms. The van der Waals surface area contributed by atoms with Crippen molar-refractivity contribution in [3.63, 3.8) is 0 Å². The number of thiophene rings is 1. The molecule has 3 N–H and O–H groups in total. The Labute approximate surface area is 180 Å². The number of aliphatic carboxylic acids is 1. The molecule has 0 saturated carbocycles. The molecule has 0 bridgehead atoms. The van der Waals surface area contributed by atoms with E-state index in [2.05, 4.69) is 5.32 Å². The highest BCUT2D eigenvalue weighted by Gasteiger charge is 2.23. The Balaban J connectivity index is 1.70. The summed E-state index contributed by atoms with van der Waals surface area (Å²) in [6.07, 6.45) is -0.131. The molecule has 0 radical (unpaired) electrons. The van der Waals surface area contributed by atoms with Gasteiger partial charge in [0.15, 0.2) is 5.75 Å². The van der Waals surface area contributed by atoms with Gasteiger partial charge in [-0.15, -0.1) is 11.3 Å². The van der Waals surface area contributed by atoms with Crippen molar-refractivity contribution in [2.45, 2.75) is 13.0 Å². The van der Waals surface area contributed by atoms with Crippen LogP contribution in [0.2, 0.25) is 0 Å². The second-order valence-corrected chi connectivity index (χ2v) is 7.87. The molecular formula is C23H18N2O5S. The summed E-state index contributed by atoms with van der Waals surface area (Å²) in [4.78, 5) is 36.9. The minimum absolute atomic E-state index is 0.131. The smallest absolute Gasteiger partial charge is 0.307 e. The SMILES string of the molecule is O=C(O)Cc1ccc(NC(=O)c2c(O)c3sccc3n(Cc3ccccc3)c2=O)cc1. The number of hydrogen-bond acceptors (Lipinski definition) is 5. The molecule has 7 nitrogen and oxygen atoms in total. The zero-order valence-electron chi connectivity index (χ0n) is 16.2. The lowest BCUT2D eigenvalue weighted by Gasteiger charge is -2.13. The molecule has 156 valence electrons. The summed E-state index contributed by atoms with van der Waals surface area (Å²) < 4.78 is 1.93. The predicted octanol–water partition coefficient (Wildman–Crippen LogP) is 3.70. The predicted molar refractivity (Wildman–Crippen MR) is 119 cm³/mol. The number of nitrogens with zero attached hydrogens (tertiary/aromatic N) is 1. The Hall–Kier alpha value is -3.91. The number of fused-ring (bicyclic) bond motifs is 1. The number of carboxylic acid groups (broad SMARTS) is 1. The average molecular weight is 434 g/mol. The Morgan fingerprint density at radius 2 is 1.68 bits per heavy atom. The molecule has 2 aromatic heterocycles. The first-order valence-corrected chi connectivity index (χ1v) is 10.3. The summed E-state index contributed by atoms with van der Waals surface area (Å²) >= 11 is 1.25. The van der Waals surface area contributed by atoms with Gasteiger partial charge in [-0.3, -0.25) is 14.4 Å². The number of pyridine rings is 1. The molecule has 2 aromatic carbocycles. The van der Waals surface area contributed by atoms with Crippen molar-refractivity contribution in [1.29, 1.82) is 0 Å². The van der Waals surface area contributed by atoms with Crippen molar-refractivity contribution in [3.05, 3.63) is 93.1 Å². The molecule has 0 saturated heterocycles. The maximum atomic E-state index is 13.2. The zero-order valence-corrected chi connectivity index (χ0v) is 17.1. The molecule has 0 aliphatic heterocycles. The van der Waals surface area contributed by atoms with E-state index in [1.807, 2.05) is 30.3 Å². The lowest BCUT2D eigenvalue weighted by atomic mass is 10.1. The molecule has 4 aromatic rings. The Bertz CT molecular complexity index is 1320. The first-order valence-electron chi connectivity index (χ1n) is 9.43. The fourth-order valence-corrected chi connectivity index (χ4v) is 4.20. The van der Waals surface area contributed by atoms with Crippen LogP contribution in [0, 0.1) is 0 Å². The van der Waals surface area contributed by atoms with E-state index in [1.54, 1.807) is 35.7 Å². The van der Waals surface area contributed by atoms with Gasteiger partial charge in [0.25, 0.3) is 11.5 Å². The van der Waals surface area contributed by atoms with Crippen molar-refractivity contribution < 1.29 is 19.8 Å². The molecule has 0 aliphatic rings. The van der Waals surface area contributed by atoms with Gasteiger partial charge in [-0.2, -0.15) is 0 Å². The monoisotopic (exact) mass is 434 g/mol. The minimum atomic E-state index is -0.954. The normalized spacial score (nSPS) is 10.8.